The lowest BCUT2D eigenvalue weighted by atomic mass is 9.96. The predicted molar refractivity (Wildman–Crippen MR) is 109 cm³/mol. The number of carbonyl (C=O) groups is 2. The molecule has 10 heteroatoms. The van der Waals surface area contributed by atoms with Crippen LogP contribution in [0.4, 0.5) is 4.39 Å². The normalized spacial score (nSPS) is 18.8. The first-order chi connectivity index (χ1) is 14.4. The Hall–Kier alpha value is -3.01. The number of nitrogens with one attached hydrogen (secondary N) is 1. The second-order valence-electron chi connectivity index (χ2n) is 7.71. The highest BCUT2D eigenvalue weighted by Gasteiger charge is 2.33. The number of rotatable bonds is 2. The van der Waals surface area contributed by atoms with Crippen molar-refractivity contribution in [3.8, 4) is 0 Å². The smallest absolute Gasteiger partial charge is 0.273 e. The zero-order chi connectivity index (χ0) is 21.0. The van der Waals surface area contributed by atoms with Gasteiger partial charge in [-0.3, -0.25) is 18.8 Å². The van der Waals surface area contributed by atoms with Gasteiger partial charge in [-0.25, -0.2) is 9.37 Å². The molecule has 3 aromatic heterocycles. The van der Waals surface area contributed by atoms with Crippen molar-refractivity contribution in [3.63, 3.8) is 0 Å². The number of aromatic nitrogens is 3. The topological polar surface area (TPSA) is 90.8 Å². The second kappa shape index (κ2) is 7.05. The quantitative estimate of drug-likeness (QED) is 0.672. The Kier molecular flexibility index (Phi) is 4.46. The molecular weight excluding hydrogens is 409 g/mol. The minimum atomic E-state index is -1.05. The second-order valence-corrected chi connectivity index (χ2v) is 8.58. The van der Waals surface area contributed by atoms with Gasteiger partial charge in [0.1, 0.15) is 17.4 Å². The number of aryl methyl sites for hydroxylation is 1. The van der Waals surface area contributed by atoms with Crippen LogP contribution in [0.2, 0.25) is 0 Å². The lowest BCUT2D eigenvalue weighted by molar-refractivity contribution is 0.0725. The molecule has 5 heterocycles. The minimum absolute atomic E-state index is 0.0175. The molecule has 1 N–H and O–H groups in total. The maximum Gasteiger partial charge on any atom is 0.273 e. The molecule has 1 atom stereocenters. The highest BCUT2D eigenvalue weighted by atomic mass is 32.1. The summed E-state index contributed by atoms with van der Waals surface area (Å²) in [7, 11) is 0. The molecule has 30 heavy (non-hydrogen) atoms. The fourth-order valence-electron chi connectivity index (χ4n) is 4.33. The van der Waals surface area contributed by atoms with E-state index in [4.69, 9.17) is 0 Å². The standard InChI is InChI=1S/C20H20FN5O3S/c1-11-16(26-6-7-30-20(26)23-11)19(29)24-5-3-14-12(9-24)8-22-17(27)15(14)18(28)25-4-2-13(21)10-25/h6-8,13H,2-5,9-10H2,1H3,(H,22,27)/t13-/m1/s1. The molecular formula is C20H20FN5O3S. The molecule has 0 bridgehead atoms. The first kappa shape index (κ1) is 19.0. The largest absolute Gasteiger partial charge is 0.335 e. The maximum absolute atomic E-state index is 13.6. The SMILES string of the molecule is Cc1nc2sccn2c1C(=O)N1CCc2c(c[nH]c(=O)c2C(=O)N2CC[C@@H](F)C2)C1. The van der Waals surface area contributed by atoms with Crippen molar-refractivity contribution < 1.29 is 14.0 Å². The highest BCUT2D eigenvalue weighted by Crippen LogP contribution is 2.25. The lowest BCUT2D eigenvalue weighted by Crippen LogP contribution is -2.40. The third kappa shape index (κ3) is 2.94. The molecule has 1 saturated heterocycles. The summed E-state index contributed by atoms with van der Waals surface area (Å²) in [6.45, 7) is 2.81. The van der Waals surface area contributed by atoms with Crippen LogP contribution < -0.4 is 5.56 Å². The number of amides is 2. The minimum Gasteiger partial charge on any atom is -0.335 e. The van der Waals surface area contributed by atoms with E-state index in [-0.39, 0.29) is 24.6 Å². The van der Waals surface area contributed by atoms with Crippen molar-refractivity contribution in [1.82, 2.24) is 24.2 Å². The van der Waals surface area contributed by atoms with E-state index in [2.05, 4.69) is 9.97 Å². The number of nitrogens with zero attached hydrogens (tertiary/aromatic N) is 4. The monoisotopic (exact) mass is 429 g/mol. The van der Waals surface area contributed by atoms with Crippen molar-refractivity contribution in [1.29, 1.82) is 0 Å². The molecule has 0 aromatic carbocycles. The van der Waals surface area contributed by atoms with Gasteiger partial charge in [-0.15, -0.1) is 11.3 Å². The van der Waals surface area contributed by atoms with Crippen LogP contribution >= 0.6 is 11.3 Å². The van der Waals surface area contributed by atoms with E-state index in [0.29, 0.717) is 42.9 Å². The number of halogens is 1. The Morgan fingerprint density at radius 2 is 2.10 bits per heavy atom. The summed E-state index contributed by atoms with van der Waals surface area (Å²) in [5.74, 6) is -0.567. The molecule has 156 valence electrons. The molecule has 5 rings (SSSR count). The number of likely N-dealkylation sites (tertiary alicyclic amines) is 1. The number of fused-ring (bicyclic) bond motifs is 2. The molecule has 0 unspecified atom stereocenters. The van der Waals surface area contributed by atoms with Gasteiger partial charge in [-0.05, 0) is 30.9 Å². The molecule has 2 aliphatic heterocycles. The summed E-state index contributed by atoms with van der Waals surface area (Å²) in [6.07, 6.45) is 3.03. The molecule has 0 spiro atoms. The number of aromatic amines is 1. The van der Waals surface area contributed by atoms with Crippen LogP contribution in [0.15, 0.2) is 22.6 Å². The van der Waals surface area contributed by atoms with E-state index >= 15 is 0 Å². The average Bonchev–Trinajstić information content (AvgIpc) is 3.42. The van der Waals surface area contributed by atoms with Crippen LogP contribution in [-0.4, -0.2) is 61.8 Å². The van der Waals surface area contributed by atoms with Gasteiger partial charge in [-0.2, -0.15) is 0 Å². The number of hydrogen-bond acceptors (Lipinski definition) is 5. The molecule has 2 amide bonds. The fraction of sp³-hybridized carbons (Fsp3) is 0.400. The average molecular weight is 429 g/mol. The number of H-pyrrole nitrogens is 1. The van der Waals surface area contributed by atoms with Crippen LogP contribution in [0.3, 0.4) is 0 Å². The number of pyridine rings is 1. The van der Waals surface area contributed by atoms with Crippen LogP contribution in [-0.2, 0) is 13.0 Å². The summed E-state index contributed by atoms with van der Waals surface area (Å²) in [5, 5.41) is 1.88. The van der Waals surface area contributed by atoms with Gasteiger partial charge in [0.2, 0.25) is 0 Å². The first-order valence-corrected chi connectivity index (χ1v) is 10.7. The highest BCUT2D eigenvalue weighted by molar-refractivity contribution is 7.15. The third-order valence-corrected chi connectivity index (χ3v) is 6.60. The van der Waals surface area contributed by atoms with Crippen molar-refractivity contribution in [3.05, 3.63) is 56.2 Å². The van der Waals surface area contributed by atoms with Gasteiger partial charge < -0.3 is 14.8 Å². The number of hydrogen-bond donors (Lipinski definition) is 1. The molecule has 1 fully saturated rings. The molecule has 0 aliphatic carbocycles. The summed E-state index contributed by atoms with van der Waals surface area (Å²) < 4.78 is 15.3. The Bertz CT molecular complexity index is 1230. The fourth-order valence-corrected chi connectivity index (χ4v) is 5.09. The van der Waals surface area contributed by atoms with Crippen molar-refractivity contribution in [2.75, 3.05) is 19.6 Å². The molecule has 0 radical (unpaired) electrons. The van der Waals surface area contributed by atoms with E-state index in [0.717, 1.165) is 10.5 Å². The van der Waals surface area contributed by atoms with Gasteiger partial charge in [0, 0.05) is 37.4 Å². The zero-order valence-electron chi connectivity index (χ0n) is 16.4. The van der Waals surface area contributed by atoms with Crippen molar-refractivity contribution in [2.24, 2.45) is 0 Å². The summed E-state index contributed by atoms with van der Waals surface area (Å²) in [5.41, 5.74) is 2.20. The van der Waals surface area contributed by atoms with E-state index in [9.17, 15) is 18.8 Å². The Balaban J connectivity index is 1.46. The van der Waals surface area contributed by atoms with Gasteiger partial charge in [0.15, 0.2) is 4.96 Å². The zero-order valence-corrected chi connectivity index (χ0v) is 17.2. The van der Waals surface area contributed by atoms with E-state index in [1.807, 2.05) is 18.5 Å². The van der Waals surface area contributed by atoms with Crippen LogP contribution in [0, 0.1) is 6.92 Å². The van der Waals surface area contributed by atoms with Crippen LogP contribution in [0.5, 0.6) is 0 Å². The number of imidazole rings is 1. The maximum atomic E-state index is 13.6. The Morgan fingerprint density at radius 1 is 1.27 bits per heavy atom. The van der Waals surface area contributed by atoms with Gasteiger partial charge in [0.25, 0.3) is 17.4 Å². The molecule has 8 nitrogen and oxygen atoms in total. The first-order valence-electron chi connectivity index (χ1n) is 9.82. The number of carbonyl (C=O) groups excluding carboxylic acids is 2. The van der Waals surface area contributed by atoms with Gasteiger partial charge in [-0.1, -0.05) is 0 Å². The van der Waals surface area contributed by atoms with Gasteiger partial charge >= 0.3 is 0 Å². The van der Waals surface area contributed by atoms with Gasteiger partial charge in [0.05, 0.1) is 12.2 Å². The Morgan fingerprint density at radius 3 is 2.87 bits per heavy atom. The summed E-state index contributed by atoms with van der Waals surface area (Å²) in [6, 6.07) is 0. The molecule has 3 aromatic rings. The third-order valence-electron chi connectivity index (χ3n) is 5.84. The molecule has 2 aliphatic rings. The van der Waals surface area contributed by atoms with Crippen molar-refractivity contribution in [2.45, 2.75) is 32.5 Å². The predicted octanol–water partition coefficient (Wildman–Crippen LogP) is 1.78. The van der Waals surface area contributed by atoms with Crippen molar-refractivity contribution >= 4 is 28.1 Å². The van der Waals surface area contributed by atoms with E-state index in [1.165, 1.54) is 16.2 Å². The number of thiazole rings is 1. The van der Waals surface area contributed by atoms with Crippen LogP contribution in [0.25, 0.3) is 4.96 Å². The Labute approximate surface area is 174 Å². The van der Waals surface area contributed by atoms with Crippen LogP contribution in [0.1, 0.15) is 44.1 Å². The number of alkyl halides is 1. The molecule has 0 saturated carbocycles. The van der Waals surface area contributed by atoms with E-state index < -0.39 is 17.6 Å². The van der Waals surface area contributed by atoms with E-state index in [1.54, 1.807) is 15.5 Å². The summed E-state index contributed by atoms with van der Waals surface area (Å²) in [4.78, 5) is 49.5. The summed E-state index contributed by atoms with van der Waals surface area (Å²) >= 11 is 1.47. The lowest BCUT2D eigenvalue weighted by Gasteiger charge is -2.30.